The smallest absolute Gasteiger partial charge is 0.269 e. The number of aromatic nitrogens is 2. The Kier molecular flexibility index (Phi) is 4.68. The molecule has 27 heavy (non-hydrogen) atoms. The number of nitro benzene ring substituents is 1. The number of likely N-dealkylation sites (N-methyl/N-ethyl adjacent to an activating group) is 1. The van der Waals surface area contributed by atoms with Gasteiger partial charge in [-0.2, -0.15) is 0 Å². The van der Waals surface area contributed by atoms with Crippen molar-refractivity contribution in [2.45, 2.75) is 6.92 Å². The molecule has 0 atom stereocenters. The van der Waals surface area contributed by atoms with Crippen LogP contribution in [0.3, 0.4) is 0 Å². The standard InChI is InChI=1S/C20H21N5O2/c1-2-23-11-13-24(14-12-23)20-17-5-3-4-6-18(17)21-19(22-20)15-7-9-16(10-8-15)25(26)27/h3-10H,2,11-14H2,1H3/p+1. The third kappa shape index (κ3) is 3.46. The molecule has 1 saturated heterocycles. The number of hydrogen-bond donors (Lipinski definition) is 1. The Balaban J connectivity index is 1.75. The minimum atomic E-state index is -0.397. The van der Waals surface area contributed by atoms with E-state index < -0.39 is 4.92 Å². The molecule has 0 amide bonds. The van der Waals surface area contributed by atoms with Crippen molar-refractivity contribution < 1.29 is 9.82 Å². The average molecular weight is 364 g/mol. The molecule has 7 heteroatoms. The summed E-state index contributed by atoms with van der Waals surface area (Å²) < 4.78 is 0. The van der Waals surface area contributed by atoms with Crippen LogP contribution in [0.2, 0.25) is 0 Å². The molecule has 1 aromatic heterocycles. The van der Waals surface area contributed by atoms with Crippen molar-refractivity contribution >= 4 is 22.4 Å². The van der Waals surface area contributed by atoms with Crippen molar-refractivity contribution in [2.75, 3.05) is 37.6 Å². The van der Waals surface area contributed by atoms with Crippen LogP contribution in [0, 0.1) is 10.1 Å². The summed E-state index contributed by atoms with van der Waals surface area (Å²) in [7, 11) is 0. The molecule has 7 nitrogen and oxygen atoms in total. The molecule has 1 fully saturated rings. The molecule has 1 aliphatic rings. The van der Waals surface area contributed by atoms with E-state index in [1.165, 1.54) is 12.1 Å². The van der Waals surface area contributed by atoms with E-state index in [9.17, 15) is 10.1 Å². The Morgan fingerprint density at radius 1 is 1.07 bits per heavy atom. The number of nitrogens with zero attached hydrogens (tertiary/aromatic N) is 4. The number of non-ortho nitro benzene ring substituents is 1. The number of rotatable bonds is 4. The van der Waals surface area contributed by atoms with Gasteiger partial charge in [0.2, 0.25) is 0 Å². The summed E-state index contributed by atoms with van der Waals surface area (Å²) in [4.78, 5) is 24.0. The van der Waals surface area contributed by atoms with Gasteiger partial charge in [0, 0.05) is 23.1 Å². The fraction of sp³-hybridized carbons (Fsp3) is 0.300. The van der Waals surface area contributed by atoms with Crippen LogP contribution in [0.5, 0.6) is 0 Å². The number of quaternary nitrogens is 1. The van der Waals surface area contributed by atoms with E-state index in [0.717, 1.165) is 55.0 Å². The van der Waals surface area contributed by atoms with E-state index in [4.69, 9.17) is 9.97 Å². The van der Waals surface area contributed by atoms with Crippen LogP contribution in [0.25, 0.3) is 22.3 Å². The fourth-order valence-corrected chi connectivity index (χ4v) is 3.55. The topological polar surface area (TPSA) is 76.6 Å². The zero-order chi connectivity index (χ0) is 18.8. The van der Waals surface area contributed by atoms with Gasteiger partial charge in [0.1, 0.15) is 5.82 Å². The number of benzene rings is 2. The molecule has 1 N–H and O–H groups in total. The maximum atomic E-state index is 10.9. The second kappa shape index (κ2) is 7.28. The molecule has 1 aliphatic heterocycles. The summed E-state index contributed by atoms with van der Waals surface area (Å²) in [6.45, 7) is 7.49. The Morgan fingerprint density at radius 3 is 2.44 bits per heavy atom. The molecule has 2 aromatic carbocycles. The lowest BCUT2D eigenvalue weighted by Crippen LogP contribution is -3.14. The molecule has 2 heterocycles. The SMILES string of the molecule is CC[NH+]1CCN(c2nc(-c3ccc([N+](=O)[O-])cc3)nc3ccccc23)CC1. The number of fused-ring (bicyclic) bond motifs is 1. The molecule has 4 rings (SSSR count). The van der Waals surface area contributed by atoms with Gasteiger partial charge in [0.15, 0.2) is 5.82 Å². The summed E-state index contributed by atoms with van der Waals surface area (Å²) >= 11 is 0. The average Bonchev–Trinajstić information content (AvgIpc) is 2.73. The third-order valence-corrected chi connectivity index (χ3v) is 5.19. The van der Waals surface area contributed by atoms with E-state index in [2.05, 4.69) is 17.9 Å². The van der Waals surface area contributed by atoms with E-state index >= 15 is 0 Å². The normalized spacial score (nSPS) is 15.2. The largest absolute Gasteiger partial charge is 0.345 e. The predicted octanol–water partition coefficient (Wildman–Crippen LogP) is 1.93. The molecule has 138 valence electrons. The highest BCUT2D eigenvalue weighted by Crippen LogP contribution is 2.28. The lowest BCUT2D eigenvalue weighted by molar-refractivity contribution is -0.898. The quantitative estimate of drug-likeness (QED) is 0.565. The van der Waals surface area contributed by atoms with Crippen molar-refractivity contribution in [3.63, 3.8) is 0 Å². The highest BCUT2D eigenvalue weighted by atomic mass is 16.6. The predicted molar refractivity (Wildman–Crippen MR) is 105 cm³/mol. The van der Waals surface area contributed by atoms with Gasteiger partial charge < -0.3 is 9.80 Å². The Hall–Kier alpha value is -3.06. The lowest BCUT2D eigenvalue weighted by Gasteiger charge is -2.33. The van der Waals surface area contributed by atoms with Crippen LogP contribution >= 0.6 is 0 Å². The molecule has 0 spiro atoms. The van der Waals surface area contributed by atoms with Gasteiger partial charge in [-0.25, -0.2) is 9.97 Å². The minimum absolute atomic E-state index is 0.0680. The van der Waals surface area contributed by atoms with Gasteiger partial charge in [0.25, 0.3) is 5.69 Å². The molecule has 0 saturated carbocycles. The van der Waals surface area contributed by atoms with E-state index in [1.54, 1.807) is 17.0 Å². The Morgan fingerprint density at radius 2 is 1.78 bits per heavy atom. The zero-order valence-corrected chi connectivity index (χ0v) is 15.3. The summed E-state index contributed by atoms with van der Waals surface area (Å²) in [6, 6.07) is 14.4. The molecule has 3 aromatic rings. The highest BCUT2D eigenvalue weighted by molar-refractivity contribution is 5.91. The molecule has 0 bridgehead atoms. The fourth-order valence-electron chi connectivity index (χ4n) is 3.55. The van der Waals surface area contributed by atoms with Crippen molar-refractivity contribution in [3.8, 4) is 11.4 Å². The lowest BCUT2D eigenvalue weighted by atomic mass is 10.1. The van der Waals surface area contributed by atoms with Gasteiger partial charge in [0.05, 0.1) is 43.2 Å². The second-order valence-corrected chi connectivity index (χ2v) is 6.78. The number of para-hydroxylation sites is 1. The summed E-state index contributed by atoms with van der Waals surface area (Å²) in [5.74, 6) is 1.55. The van der Waals surface area contributed by atoms with Crippen LogP contribution in [-0.4, -0.2) is 47.6 Å². The second-order valence-electron chi connectivity index (χ2n) is 6.78. The first-order valence-corrected chi connectivity index (χ1v) is 9.26. The maximum absolute atomic E-state index is 10.9. The first-order valence-electron chi connectivity index (χ1n) is 9.26. The summed E-state index contributed by atoms with van der Waals surface area (Å²) in [5.41, 5.74) is 1.74. The Bertz CT molecular complexity index is 966. The van der Waals surface area contributed by atoms with E-state index in [1.807, 2.05) is 18.2 Å². The number of anilines is 1. The van der Waals surface area contributed by atoms with Crippen LogP contribution in [0.15, 0.2) is 48.5 Å². The van der Waals surface area contributed by atoms with Gasteiger partial charge in [-0.3, -0.25) is 10.1 Å². The third-order valence-electron chi connectivity index (χ3n) is 5.19. The first kappa shape index (κ1) is 17.4. The molecular weight excluding hydrogens is 342 g/mol. The molecular formula is C20H22N5O2+. The Labute approximate surface area is 157 Å². The number of hydrogen-bond acceptors (Lipinski definition) is 5. The maximum Gasteiger partial charge on any atom is 0.269 e. The van der Waals surface area contributed by atoms with Crippen molar-refractivity contribution in [3.05, 3.63) is 58.6 Å². The summed E-state index contributed by atoms with van der Waals surface area (Å²) in [6.07, 6.45) is 0. The van der Waals surface area contributed by atoms with E-state index in [-0.39, 0.29) is 5.69 Å². The molecule has 0 radical (unpaired) electrons. The summed E-state index contributed by atoms with van der Waals surface area (Å²) in [5, 5.41) is 11.9. The molecule has 0 aliphatic carbocycles. The van der Waals surface area contributed by atoms with Crippen LogP contribution in [0.1, 0.15) is 6.92 Å². The minimum Gasteiger partial charge on any atom is -0.345 e. The molecule has 0 unspecified atom stereocenters. The van der Waals surface area contributed by atoms with Crippen LogP contribution in [-0.2, 0) is 0 Å². The van der Waals surface area contributed by atoms with Gasteiger partial charge >= 0.3 is 0 Å². The van der Waals surface area contributed by atoms with Crippen LogP contribution < -0.4 is 9.80 Å². The van der Waals surface area contributed by atoms with E-state index in [0.29, 0.717) is 5.82 Å². The van der Waals surface area contributed by atoms with Crippen molar-refractivity contribution in [1.29, 1.82) is 0 Å². The monoisotopic (exact) mass is 364 g/mol. The first-order chi connectivity index (χ1) is 13.2. The number of nitro groups is 1. The van der Waals surface area contributed by atoms with Crippen molar-refractivity contribution in [1.82, 2.24) is 9.97 Å². The highest BCUT2D eigenvalue weighted by Gasteiger charge is 2.22. The van der Waals surface area contributed by atoms with Gasteiger partial charge in [-0.1, -0.05) is 12.1 Å². The number of piperazine rings is 1. The van der Waals surface area contributed by atoms with Gasteiger partial charge in [-0.05, 0) is 31.2 Å². The van der Waals surface area contributed by atoms with Crippen LogP contribution in [0.4, 0.5) is 11.5 Å². The van der Waals surface area contributed by atoms with Gasteiger partial charge in [-0.15, -0.1) is 0 Å². The number of nitrogens with one attached hydrogen (secondary N) is 1. The van der Waals surface area contributed by atoms with Crippen molar-refractivity contribution in [2.24, 2.45) is 0 Å². The zero-order valence-electron chi connectivity index (χ0n) is 15.3.